The standard InChI is InChI=1S/C12H15NO2/c1-8-3-4-11-9(5-8)6-10(7-15-11)12(14)13-2/h3-5,10H,6-7H2,1-2H3,(H,13,14)/t10-/m0/s1. The fraction of sp³-hybridized carbons (Fsp3) is 0.417. The molecular formula is C12H15NO2. The zero-order valence-corrected chi connectivity index (χ0v) is 9.04. The molecule has 1 atom stereocenters. The van der Waals surface area contributed by atoms with Gasteiger partial charge in [-0.25, -0.2) is 0 Å². The molecule has 1 amide bonds. The van der Waals surface area contributed by atoms with Crippen LogP contribution < -0.4 is 10.1 Å². The molecule has 3 nitrogen and oxygen atoms in total. The second kappa shape index (κ2) is 3.93. The van der Waals surface area contributed by atoms with Crippen LogP contribution in [0.15, 0.2) is 18.2 Å². The molecule has 0 unspecified atom stereocenters. The van der Waals surface area contributed by atoms with Gasteiger partial charge in [0.2, 0.25) is 5.91 Å². The van der Waals surface area contributed by atoms with Crippen molar-refractivity contribution in [1.29, 1.82) is 0 Å². The highest BCUT2D eigenvalue weighted by Crippen LogP contribution is 2.27. The summed E-state index contributed by atoms with van der Waals surface area (Å²) in [7, 11) is 1.66. The summed E-state index contributed by atoms with van der Waals surface area (Å²) in [4.78, 5) is 11.5. The minimum absolute atomic E-state index is 0.0516. The van der Waals surface area contributed by atoms with Crippen LogP contribution >= 0.6 is 0 Å². The lowest BCUT2D eigenvalue weighted by Crippen LogP contribution is -2.35. The van der Waals surface area contributed by atoms with E-state index in [1.807, 2.05) is 19.1 Å². The van der Waals surface area contributed by atoms with E-state index in [1.54, 1.807) is 7.05 Å². The Labute approximate surface area is 89.4 Å². The molecule has 0 aromatic heterocycles. The first kappa shape index (κ1) is 10.0. The van der Waals surface area contributed by atoms with Crippen LogP contribution in [-0.4, -0.2) is 19.6 Å². The summed E-state index contributed by atoms with van der Waals surface area (Å²) in [5, 5.41) is 2.66. The quantitative estimate of drug-likeness (QED) is 0.750. The first-order chi connectivity index (χ1) is 7.20. The van der Waals surface area contributed by atoms with Crippen LogP contribution in [-0.2, 0) is 11.2 Å². The Morgan fingerprint density at radius 3 is 3.07 bits per heavy atom. The van der Waals surface area contributed by atoms with Crippen molar-refractivity contribution < 1.29 is 9.53 Å². The van der Waals surface area contributed by atoms with Crippen molar-refractivity contribution in [2.45, 2.75) is 13.3 Å². The van der Waals surface area contributed by atoms with Gasteiger partial charge in [-0.05, 0) is 25.0 Å². The van der Waals surface area contributed by atoms with Gasteiger partial charge in [0.15, 0.2) is 0 Å². The molecule has 1 aromatic carbocycles. The van der Waals surface area contributed by atoms with Gasteiger partial charge in [-0.1, -0.05) is 17.7 Å². The molecule has 1 heterocycles. The number of hydrogen-bond donors (Lipinski definition) is 1. The summed E-state index contributed by atoms with van der Waals surface area (Å²) in [6.07, 6.45) is 0.774. The third-order valence-corrected chi connectivity index (χ3v) is 2.74. The molecule has 1 aliphatic heterocycles. The van der Waals surface area contributed by atoms with Gasteiger partial charge in [-0.15, -0.1) is 0 Å². The number of rotatable bonds is 1. The van der Waals surface area contributed by atoms with E-state index >= 15 is 0 Å². The van der Waals surface area contributed by atoms with Gasteiger partial charge in [0.05, 0.1) is 5.92 Å². The lowest BCUT2D eigenvalue weighted by atomic mass is 9.95. The van der Waals surface area contributed by atoms with E-state index in [0.717, 1.165) is 17.7 Å². The van der Waals surface area contributed by atoms with Crippen LogP contribution in [0, 0.1) is 12.8 Å². The smallest absolute Gasteiger partial charge is 0.226 e. The number of benzene rings is 1. The highest BCUT2D eigenvalue weighted by atomic mass is 16.5. The summed E-state index contributed by atoms with van der Waals surface area (Å²) < 4.78 is 5.55. The first-order valence-electron chi connectivity index (χ1n) is 5.14. The van der Waals surface area contributed by atoms with E-state index in [4.69, 9.17) is 4.74 Å². The molecular weight excluding hydrogens is 190 g/mol. The van der Waals surface area contributed by atoms with Crippen molar-refractivity contribution in [3.63, 3.8) is 0 Å². The number of carbonyl (C=O) groups excluding carboxylic acids is 1. The topological polar surface area (TPSA) is 38.3 Å². The number of aryl methyl sites for hydroxylation is 1. The zero-order chi connectivity index (χ0) is 10.8. The van der Waals surface area contributed by atoms with Crippen molar-refractivity contribution in [2.24, 2.45) is 5.92 Å². The van der Waals surface area contributed by atoms with Crippen LogP contribution in [0.1, 0.15) is 11.1 Å². The molecule has 2 rings (SSSR count). The maximum atomic E-state index is 11.5. The fourth-order valence-corrected chi connectivity index (χ4v) is 1.90. The van der Waals surface area contributed by atoms with E-state index < -0.39 is 0 Å². The Bertz CT molecular complexity index is 387. The van der Waals surface area contributed by atoms with Crippen LogP contribution in [0.4, 0.5) is 0 Å². The van der Waals surface area contributed by atoms with Crippen molar-refractivity contribution in [2.75, 3.05) is 13.7 Å². The number of fused-ring (bicyclic) bond motifs is 1. The van der Waals surface area contributed by atoms with Crippen molar-refractivity contribution in [1.82, 2.24) is 5.32 Å². The minimum atomic E-state index is -0.0516. The number of nitrogens with one attached hydrogen (secondary N) is 1. The molecule has 0 saturated carbocycles. The molecule has 0 bridgehead atoms. The van der Waals surface area contributed by atoms with E-state index in [1.165, 1.54) is 5.56 Å². The summed E-state index contributed by atoms with van der Waals surface area (Å²) >= 11 is 0. The maximum Gasteiger partial charge on any atom is 0.226 e. The van der Waals surface area contributed by atoms with Gasteiger partial charge >= 0.3 is 0 Å². The molecule has 3 heteroatoms. The summed E-state index contributed by atoms with van der Waals surface area (Å²) in [6, 6.07) is 6.09. The van der Waals surface area contributed by atoms with Gasteiger partial charge in [0.25, 0.3) is 0 Å². The monoisotopic (exact) mass is 205 g/mol. The summed E-state index contributed by atoms with van der Waals surface area (Å²) in [5.74, 6) is 0.923. The van der Waals surface area contributed by atoms with Crippen molar-refractivity contribution in [3.8, 4) is 5.75 Å². The Balaban J connectivity index is 2.22. The first-order valence-corrected chi connectivity index (χ1v) is 5.14. The molecule has 0 spiro atoms. The van der Waals surface area contributed by atoms with Gasteiger partial charge in [-0.3, -0.25) is 4.79 Å². The Hall–Kier alpha value is -1.51. The predicted molar refractivity (Wildman–Crippen MR) is 57.9 cm³/mol. The Morgan fingerprint density at radius 2 is 2.33 bits per heavy atom. The summed E-state index contributed by atoms with van der Waals surface area (Å²) in [6.45, 7) is 2.53. The van der Waals surface area contributed by atoms with Crippen LogP contribution in [0.2, 0.25) is 0 Å². The second-order valence-electron chi connectivity index (χ2n) is 3.94. The average molecular weight is 205 g/mol. The van der Waals surface area contributed by atoms with Crippen molar-refractivity contribution >= 4 is 5.91 Å². The second-order valence-corrected chi connectivity index (χ2v) is 3.94. The van der Waals surface area contributed by atoms with Gasteiger partial charge in [-0.2, -0.15) is 0 Å². The van der Waals surface area contributed by atoms with Crippen LogP contribution in [0.3, 0.4) is 0 Å². The lowest BCUT2D eigenvalue weighted by molar-refractivity contribution is -0.125. The third-order valence-electron chi connectivity index (χ3n) is 2.74. The normalized spacial score (nSPS) is 18.9. The number of amides is 1. The number of ether oxygens (including phenoxy) is 1. The SMILES string of the molecule is CNC(=O)[C@@H]1COc2ccc(C)cc2C1. The zero-order valence-electron chi connectivity index (χ0n) is 9.04. The number of hydrogen-bond acceptors (Lipinski definition) is 2. The Kier molecular flexibility index (Phi) is 2.62. The predicted octanol–water partition coefficient (Wildman–Crippen LogP) is 1.29. The fourth-order valence-electron chi connectivity index (χ4n) is 1.90. The van der Waals surface area contributed by atoms with E-state index in [2.05, 4.69) is 11.4 Å². The molecule has 0 aliphatic carbocycles. The minimum Gasteiger partial charge on any atom is -0.492 e. The molecule has 15 heavy (non-hydrogen) atoms. The highest BCUT2D eigenvalue weighted by Gasteiger charge is 2.24. The van der Waals surface area contributed by atoms with Crippen LogP contribution in [0.25, 0.3) is 0 Å². The number of carbonyl (C=O) groups is 1. The maximum absolute atomic E-state index is 11.5. The molecule has 0 saturated heterocycles. The van der Waals surface area contributed by atoms with E-state index in [9.17, 15) is 4.79 Å². The third kappa shape index (κ3) is 1.96. The van der Waals surface area contributed by atoms with E-state index in [0.29, 0.717) is 6.61 Å². The lowest BCUT2D eigenvalue weighted by Gasteiger charge is -2.24. The summed E-state index contributed by atoms with van der Waals surface area (Å²) in [5.41, 5.74) is 2.34. The largest absolute Gasteiger partial charge is 0.492 e. The molecule has 0 fully saturated rings. The van der Waals surface area contributed by atoms with Gasteiger partial charge in [0, 0.05) is 7.05 Å². The average Bonchev–Trinajstić information content (AvgIpc) is 2.27. The van der Waals surface area contributed by atoms with Crippen LogP contribution in [0.5, 0.6) is 5.75 Å². The molecule has 1 aromatic rings. The Morgan fingerprint density at radius 1 is 1.53 bits per heavy atom. The van der Waals surface area contributed by atoms with Gasteiger partial charge < -0.3 is 10.1 Å². The molecule has 0 radical (unpaired) electrons. The van der Waals surface area contributed by atoms with E-state index in [-0.39, 0.29) is 11.8 Å². The molecule has 1 aliphatic rings. The van der Waals surface area contributed by atoms with Gasteiger partial charge in [0.1, 0.15) is 12.4 Å². The highest BCUT2D eigenvalue weighted by molar-refractivity contribution is 5.79. The molecule has 1 N–H and O–H groups in total. The van der Waals surface area contributed by atoms with Crippen molar-refractivity contribution in [3.05, 3.63) is 29.3 Å². The molecule has 80 valence electrons.